The summed E-state index contributed by atoms with van der Waals surface area (Å²) in [6.45, 7) is 10.2. The second kappa shape index (κ2) is 5.83. The zero-order chi connectivity index (χ0) is 13.9. The Bertz CT molecular complexity index is 443. The molecule has 0 fully saturated rings. The van der Waals surface area contributed by atoms with E-state index in [9.17, 15) is 4.79 Å². The molecule has 3 nitrogen and oxygen atoms in total. The first-order valence-electron chi connectivity index (χ1n) is 6.22. The summed E-state index contributed by atoms with van der Waals surface area (Å²) < 4.78 is 0.819. The first kappa shape index (κ1) is 15.2. The van der Waals surface area contributed by atoms with Crippen molar-refractivity contribution in [3.8, 4) is 0 Å². The van der Waals surface area contributed by atoms with Crippen molar-refractivity contribution in [2.24, 2.45) is 5.92 Å². The third-order valence-electron chi connectivity index (χ3n) is 3.58. The lowest BCUT2D eigenvalue weighted by Gasteiger charge is -2.32. The Kier molecular flexibility index (Phi) is 4.91. The first-order valence-corrected chi connectivity index (χ1v) is 7.02. The number of carbonyl (C=O) groups excluding carboxylic acids is 1. The second-order valence-electron chi connectivity index (χ2n) is 5.27. The summed E-state index contributed by atoms with van der Waals surface area (Å²) >= 11 is 3.34. The molecule has 1 amide bonds. The third-order valence-corrected chi connectivity index (χ3v) is 4.01. The minimum absolute atomic E-state index is 0.0633. The van der Waals surface area contributed by atoms with Gasteiger partial charge in [-0.25, -0.2) is 0 Å². The van der Waals surface area contributed by atoms with Gasteiger partial charge in [0, 0.05) is 16.2 Å². The Labute approximate surface area is 118 Å². The lowest BCUT2D eigenvalue weighted by Crippen LogP contribution is -2.48. The van der Waals surface area contributed by atoms with Crippen molar-refractivity contribution in [3.05, 3.63) is 28.0 Å². The van der Waals surface area contributed by atoms with Gasteiger partial charge < -0.3 is 5.32 Å². The third kappa shape index (κ3) is 3.55. The van der Waals surface area contributed by atoms with Crippen LogP contribution < -0.4 is 5.32 Å². The summed E-state index contributed by atoms with van der Waals surface area (Å²) in [4.78, 5) is 16.5. The number of rotatable bonds is 4. The van der Waals surface area contributed by atoms with Crippen LogP contribution >= 0.6 is 15.9 Å². The number of hydrogen-bond acceptors (Lipinski definition) is 2. The molecule has 0 aromatic carbocycles. The highest BCUT2D eigenvalue weighted by atomic mass is 79.9. The molecule has 4 heteroatoms. The minimum Gasteiger partial charge on any atom is -0.347 e. The van der Waals surface area contributed by atoms with Crippen molar-refractivity contribution in [3.63, 3.8) is 0 Å². The maximum Gasteiger partial charge on any atom is 0.253 e. The molecule has 0 bridgehead atoms. The molecule has 0 aliphatic rings. The van der Waals surface area contributed by atoms with Crippen molar-refractivity contribution < 1.29 is 4.79 Å². The number of nitrogens with one attached hydrogen (secondary N) is 1. The Balaban J connectivity index is 2.92. The van der Waals surface area contributed by atoms with Gasteiger partial charge in [0.25, 0.3) is 5.91 Å². The Morgan fingerprint density at radius 1 is 1.56 bits per heavy atom. The van der Waals surface area contributed by atoms with Crippen LogP contribution in [-0.2, 0) is 0 Å². The van der Waals surface area contributed by atoms with E-state index in [0.29, 0.717) is 11.5 Å². The van der Waals surface area contributed by atoms with E-state index in [1.807, 2.05) is 13.0 Å². The fourth-order valence-corrected chi connectivity index (χ4v) is 2.06. The van der Waals surface area contributed by atoms with Gasteiger partial charge in [-0.05, 0) is 48.7 Å². The SMILES string of the molecule is CCC(C)C(C)(C)NC(=O)c1cc(Br)cnc1C. The molecule has 1 rings (SSSR count). The fourth-order valence-electron chi connectivity index (χ4n) is 1.73. The fraction of sp³-hybridized carbons (Fsp3) is 0.571. The molecule has 0 radical (unpaired) electrons. The number of nitrogens with zero attached hydrogens (tertiary/aromatic N) is 1. The number of hydrogen-bond donors (Lipinski definition) is 1. The second-order valence-corrected chi connectivity index (χ2v) is 6.19. The van der Waals surface area contributed by atoms with E-state index in [1.165, 1.54) is 0 Å². The van der Waals surface area contributed by atoms with Crippen molar-refractivity contribution >= 4 is 21.8 Å². The van der Waals surface area contributed by atoms with Gasteiger partial charge in [0.05, 0.1) is 11.3 Å². The van der Waals surface area contributed by atoms with E-state index in [2.05, 4.69) is 53.9 Å². The first-order chi connectivity index (χ1) is 8.27. The molecule has 0 aliphatic heterocycles. The molecule has 1 aromatic rings. The zero-order valence-electron chi connectivity index (χ0n) is 11.7. The van der Waals surface area contributed by atoms with Gasteiger partial charge in [0.1, 0.15) is 0 Å². The molecular formula is C14H21BrN2O. The van der Waals surface area contributed by atoms with Gasteiger partial charge in [-0.2, -0.15) is 0 Å². The number of carbonyl (C=O) groups is 1. The lowest BCUT2D eigenvalue weighted by molar-refractivity contribution is 0.0882. The van der Waals surface area contributed by atoms with Gasteiger partial charge in [-0.15, -0.1) is 0 Å². The molecule has 1 heterocycles. The summed E-state index contributed by atoms with van der Waals surface area (Å²) in [5.74, 6) is 0.355. The van der Waals surface area contributed by atoms with Crippen LogP contribution in [0.2, 0.25) is 0 Å². The van der Waals surface area contributed by atoms with Gasteiger partial charge >= 0.3 is 0 Å². The normalized spacial score (nSPS) is 13.2. The molecule has 0 saturated carbocycles. The van der Waals surface area contributed by atoms with E-state index in [4.69, 9.17) is 0 Å². The van der Waals surface area contributed by atoms with Gasteiger partial charge in [0.15, 0.2) is 0 Å². The molecule has 1 unspecified atom stereocenters. The van der Waals surface area contributed by atoms with Gasteiger partial charge in [0.2, 0.25) is 0 Å². The Morgan fingerprint density at radius 2 is 2.17 bits per heavy atom. The maximum absolute atomic E-state index is 12.3. The van der Waals surface area contributed by atoms with Gasteiger partial charge in [-0.3, -0.25) is 9.78 Å². The summed E-state index contributed by atoms with van der Waals surface area (Å²) in [5.41, 5.74) is 1.15. The molecule has 1 atom stereocenters. The van der Waals surface area contributed by atoms with Crippen molar-refractivity contribution in [2.75, 3.05) is 0 Å². The predicted octanol–water partition coefficient (Wildman–Crippen LogP) is 3.71. The van der Waals surface area contributed by atoms with E-state index < -0.39 is 0 Å². The van der Waals surface area contributed by atoms with Crippen molar-refractivity contribution in [2.45, 2.75) is 46.6 Å². The Morgan fingerprint density at radius 3 is 2.72 bits per heavy atom. The summed E-state index contributed by atoms with van der Waals surface area (Å²) in [5, 5.41) is 3.09. The highest BCUT2D eigenvalue weighted by molar-refractivity contribution is 9.10. The maximum atomic E-state index is 12.3. The smallest absolute Gasteiger partial charge is 0.253 e. The predicted molar refractivity (Wildman–Crippen MR) is 77.7 cm³/mol. The van der Waals surface area contributed by atoms with Crippen molar-refractivity contribution in [1.29, 1.82) is 0 Å². The Hall–Kier alpha value is -0.900. The average Bonchev–Trinajstić information content (AvgIpc) is 2.30. The highest BCUT2D eigenvalue weighted by Gasteiger charge is 2.27. The van der Waals surface area contributed by atoms with Crippen LogP contribution in [-0.4, -0.2) is 16.4 Å². The number of pyridine rings is 1. The van der Waals surface area contributed by atoms with E-state index in [0.717, 1.165) is 16.6 Å². The quantitative estimate of drug-likeness (QED) is 0.921. The zero-order valence-corrected chi connectivity index (χ0v) is 13.3. The van der Waals surface area contributed by atoms with Crippen LogP contribution in [0.5, 0.6) is 0 Å². The van der Waals surface area contributed by atoms with Crippen LogP contribution in [0.25, 0.3) is 0 Å². The van der Waals surface area contributed by atoms with Crippen LogP contribution in [0.15, 0.2) is 16.7 Å². The highest BCUT2D eigenvalue weighted by Crippen LogP contribution is 2.21. The monoisotopic (exact) mass is 312 g/mol. The van der Waals surface area contributed by atoms with Crippen molar-refractivity contribution in [1.82, 2.24) is 10.3 Å². The molecule has 100 valence electrons. The number of amides is 1. The molecule has 0 spiro atoms. The average molecular weight is 313 g/mol. The van der Waals surface area contributed by atoms with E-state index in [-0.39, 0.29) is 11.4 Å². The summed E-state index contributed by atoms with van der Waals surface area (Å²) in [6, 6.07) is 1.81. The van der Waals surface area contributed by atoms with E-state index >= 15 is 0 Å². The van der Waals surface area contributed by atoms with Crippen LogP contribution in [0, 0.1) is 12.8 Å². The van der Waals surface area contributed by atoms with Gasteiger partial charge in [-0.1, -0.05) is 20.3 Å². The molecule has 1 aromatic heterocycles. The molecular weight excluding hydrogens is 292 g/mol. The molecule has 18 heavy (non-hydrogen) atoms. The minimum atomic E-state index is -0.222. The van der Waals surface area contributed by atoms with Crippen LogP contribution in [0.3, 0.4) is 0 Å². The molecule has 1 N–H and O–H groups in total. The number of aryl methyl sites for hydroxylation is 1. The summed E-state index contributed by atoms with van der Waals surface area (Å²) in [6.07, 6.45) is 2.73. The molecule has 0 saturated heterocycles. The standard InChI is InChI=1S/C14H21BrN2O/c1-6-9(2)14(4,5)17-13(18)12-7-11(15)8-16-10(12)3/h7-9H,6H2,1-5H3,(H,17,18). The van der Waals surface area contributed by atoms with Crippen LogP contribution in [0.4, 0.5) is 0 Å². The lowest BCUT2D eigenvalue weighted by atomic mass is 9.86. The summed E-state index contributed by atoms with van der Waals surface area (Å²) in [7, 11) is 0. The number of halogens is 1. The largest absolute Gasteiger partial charge is 0.347 e. The van der Waals surface area contributed by atoms with Crippen LogP contribution in [0.1, 0.15) is 50.2 Å². The number of aromatic nitrogens is 1. The van der Waals surface area contributed by atoms with E-state index in [1.54, 1.807) is 6.20 Å². The topological polar surface area (TPSA) is 42.0 Å². The molecule has 0 aliphatic carbocycles.